The molecule has 2 unspecified atom stereocenters. The van der Waals surface area contributed by atoms with Crippen molar-refractivity contribution in [2.24, 2.45) is 0 Å². The average Bonchev–Trinajstić information content (AvgIpc) is 3.21. The van der Waals surface area contributed by atoms with E-state index in [4.69, 9.17) is 42.1 Å². The molecule has 0 N–H and O–H groups in total. The lowest BCUT2D eigenvalue weighted by Gasteiger charge is -2.42. The Bertz CT molecular complexity index is 1410. The van der Waals surface area contributed by atoms with Gasteiger partial charge in [0, 0.05) is 11.1 Å². The highest BCUT2D eigenvalue weighted by molar-refractivity contribution is 7.68. The lowest BCUT2D eigenvalue weighted by molar-refractivity contribution is -0.148. The van der Waals surface area contributed by atoms with E-state index in [0.29, 0.717) is 44.2 Å². The molecule has 0 amide bonds. The summed E-state index contributed by atoms with van der Waals surface area (Å²) in [5, 5.41) is 3.46. The third-order valence-electron chi connectivity index (χ3n) is 12.5. The van der Waals surface area contributed by atoms with Crippen LogP contribution in [0.4, 0.5) is 0 Å². The zero-order valence-corrected chi connectivity index (χ0v) is 36.3. The van der Waals surface area contributed by atoms with Crippen LogP contribution in [0, 0.1) is 0 Å². The number of halogens is 2. The first kappa shape index (κ1) is 42.0. The van der Waals surface area contributed by atoms with Gasteiger partial charge in [-0.15, -0.1) is 0 Å². The Hall–Kier alpha value is -1.58. The molecule has 6 nitrogen and oxygen atoms in total. The van der Waals surface area contributed by atoms with Crippen LogP contribution in [-0.4, -0.2) is 61.0 Å². The standard InChI is InChI=1S/C44H62Cl2O6P2/c1-29(43(47)49-3)51-41-35(45)25-27-37(53(31-17-9-5-10-18-31)32-19-11-6-12-20-32)39(41)40-38(28-26-36(46)42(40)52-30(2)44(48)50-4)54(33-21-13-7-14-22-33)34-23-15-8-16-24-34/h25-34H,5-24H2,1-4H3. The van der Waals surface area contributed by atoms with Crippen LogP contribution in [0.25, 0.3) is 11.1 Å². The molecule has 10 heteroatoms. The molecule has 0 heterocycles. The summed E-state index contributed by atoms with van der Waals surface area (Å²) in [6.45, 7) is 3.46. The minimum absolute atomic E-state index is 0.448. The van der Waals surface area contributed by atoms with E-state index < -0.39 is 40.0 Å². The third-order valence-corrected chi connectivity index (χ3v) is 20.2. The highest BCUT2D eigenvalue weighted by Gasteiger charge is 2.40. The van der Waals surface area contributed by atoms with E-state index in [-0.39, 0.29) is 0 Å². The van der Waals surface area contributed by atoms with Gasteiger partial charge in [-0.1, -0.05) is 128 Å². The number of ether oxygens (including phenoxy) is 4. The molecule has 4 aliphatic carbocycles. The first-order valence-electron chi connectivity index (χ1n) is 20.9. The molecule has 0 aromatic heterocycles. The summed E-state index contributed by atoms with van der Waals surface area (Å²) >= 11 is 14.6. The number of carbonyl (C=O) groups excluding carboxylic acids is 2. The van der Waals surface area contributed by atoms with Crippen molar-refractivity contribution in [3.05, 3.63) is 34.3 Å². The molecule has 2 atom stereocenters. The molecule has 4 fully saturated rings. The molecular formula is C44H62Cl2O6P2. The van der Waals surface area contributed by atoms with Gasteiger partial charge < -0.3 is 18.9 Å². The summed E-state index contributed by atoms with van der Waals surface area (Å²) in [6.07, 6.45) is 23.2. The molecule has 4 aliphatic rings. The predicted octanol–water partition coefficient (Wildman–Crippen LogP) is 12.1. The Morgan fingerprint density at radius 1 is 0.519 bits per heavy atom. The molecule has 2 aromatic rings. The largest absolute Gasteiger partial charge is 0.477 e. The number of benzene rings is 2. The van der Waals surface area contributed by atoms with Crippen LogP contribution in [0.5, 0.6) is 11.5 Å². The van der Waals surface area contributed by atoms with Crippen molar-refractivity contribution >= 4 is 61.6 Å². The second-order valence-electron chi connectivity index (χ2n) is 16.1. The highest BCUT2D eigenvalue weighted by Crippen LogP contribution is 2.61. The fourth-order valence-electron chi connectivity index (χ4n) is 9.84. The molecular weight excluding hydrogens is 757 g/mol. The summed E-state index contributed by atoms with van der Waals surface area (Å²) < 4.78 is 23.9. The number of methoxy groups -OCH3 is 2. The van der Waals surface area contributed by atoms with Crippen LogP contribution in [0.3, 0.4) is 0 Å². The summed E-state index contributed by atoms with van der Waals surface area (Å²) in [5.74, 6) is 0.0658. The lowest BCUT2D eigenvalue weighted by atomic mass is 9.99. The van der Waals surface area contributed by atoms with Gasteiger partial charge in [-0.2, -0.15) is 0 Å². The molecule has 0 saturated heterocycles. The fraction of sp³-hybridized carbons (Fsp3) is 0.682. The summed E-state index contributed by atoms with van der Waals surface area (Å²) in [6, 6.07) is 8.55. The number of rotatable bonds is 13. The molecule has 298 valence electrons. The minimum atomic E-state index is -0.892. The van der Waals surface area contributed by atoms with E-state index in [0.717, 1.165) is 11.1 Å². The molecule has 2 aromatic carbocycles. The molecule has 0 aliphatic heterocycles. The number of hydrogen-bond acceptors (Lipinski definition) is 6. The first-order chi connectivity index (χ1) is 26.2. The van der Waals surface area contributed by atoms with Gasteiger partial charge in [0.2, 0.25) is 0 Å². The topological polar surface area (TPSA) is 71.1 Å². The maximum atomic E-state index is 13.1. The first-order valence-corrected chi connectivity index (χ1v) is 24.7. The molecule has 0 bridgehead atoms. The lowest BCUT2D eigenvalue weighted by Crippen LogP contribution is -2.32. The quantitative estimate of drug-likeness (QED) is 0.148. The van der Waals surface area contributed by atoms with E-state index in [9.17, 15) is 9.59 Å². The Kier molecular flexibility index (Phi) is 15.7. The second-order valence-corrected chi connectivity index (χ2v) is 22.4. The van der Waals surface area contributed by atoms with E-state index in [1.807, 2.05) is 12.1 Å². The van der Waals surface area contributed by atoms with Crippen molar-refractivity contribution in [1.29, 1.82) is 0 Å². The van der Waals surface area contributed by atoms with Crippen LogP contribution in [0.2, 0.25) is 10.0 Å². The number of carbonyl (C=O) groups is 2. The van der Waals surface area contributed by atoms with Crippen molar-refractivity contribution in [2.75, 3.05) is 14.2 Å². The zero-order chi connectivity index (χ0) is 38.2. The Balaban J connectivity index is 1.69. The predicted molar refractivity (Wildman–Crippen MR) is 227 cm³/mol. The van der Waals surface area contributed by atoms with Crippen molar-refractivity contribution < 1.29 is 28.5 Å². The van der Waals surface area contributed by atoms with Crippen LogP contribution in [-0.2, 0) is 19.1 Å². The normalized spacial score (nSPS) is 20.8. The molecule has 0 spiro atoms. The van der Waals surface area contributed by atoms with Gasteiger partial charge in [-0.05, 0) is 111 Å². The molecule has 0 radical (unpaired) electrons. The highest BCUT2D eigenvalue weighted by atomic mass is 35.5. The van der Waals surface area contributed by atoms with Crippen LogP contribution >= 0.6 is 39.0 Å². The van der Waals surface area contributed by atoms with E-state index >= 15 is 0 Å². The number of esters is 2. The van der Waals surface area contributed by atoms with Crippen molar-refractivity contribution in [2.45, 2.75) is 177 Å². The van der Waals surface area contributed by atoms with Gasteiger partial charge in [0.1, 0.15) is 11.5 Å². The Labute approximate surface area is 337 Å². The molecule has 54 heavy (non-hydrogen) atoms. The fourth-order valence-corrected chi connectivity index (χ4v) is 18.1. The zero-order valence-electron chi connectivity index (χ0n) is 33.0. The van der Waals surface area contributed by atoms with Crippen LogP contribution in [0.15, 0.2) is 24.3 Å². The third kappa shape index (κ3) is 9.74. The van der Waals surface area contributed by atoms with Gasteiger partial charge in [-0.3, -0.25) is 0 Å². The van der Waals surface area contributed by atoms with Crippen molar-refractivity contribution in [3.63, 3.8) is 0 Å². The smallest absolute Gasteiger partial charge is 0.346 e. The Morgan fingerprint density at radius 3 is 1.06 bits per heavy atom. The van der Waals surface area contributed by atoms with Gasteiger partial charge in [0.25, 0.3) is 0 Å². The van der Waals surface area contributed by atoms with E-state index in [1.54, 1.807) is 13.8 Å². The monoisotopic (exact) mass is 818 g/mol. The maximum Gasteiger partial charge on any atom is 0.346 e. The minimum Gasteiger partial charge on any atom is -0.477 e. The average molecular weight is 820 g/mol. The molecule has 6 rings (SSSR count). The van der Waals surface area contributed by atoms with Gasteiger partial charge >= 0.3 is 11.9 Å². The SMILES string of the molecule is COC(=O)C(C)Oc1c(Cl)ccc(P(C2CCCCC2)C2CCCCC2)c1-c1c(P(C2CCCCC2)C2CCCCC2)ccc(Cl)c1OC(C)C(=O)OC. The maximum absolute atomic E-state index is 13.1. The number of hydrogen-bond donors (Lipinski definition) is 0. The van der Waals surface area contributed by atoms with Gasteiger partial charge in [0.05, 0.1) is 24.3 Å². The summed E-state index contributed by atoms with van der Waals surface area (Å²) in [5.41, 5.74) is 4.18. The van der Waals surface area contributed by atoms with E-state index in [2.05, 4.69) is 12.1 Å². The Morgan fingerprint density at radius 2 is 0.796 bits per heavy atom. The summed E-state index contributed by atoms with van der Waals surface area (Å²) in [7, 11) is 1.45. The van der Waals surface area contributed by atoms with E-state index in [1.165, 1.54) is 153 Å². The van der Waals surface area contributed by atoms with Gasteiger partial charge in [0.15, 0.2) is 12.2 Å². The van der Waals surface area contributed by atoms with Gasteiger partial charge in [-0.25, -0.2) is 9.59 Å². The second kappa shape index (κ2) is 20.2. The van der Waals surface area contributed by atoms with Crippen LogP contribution in [0.1, 0.15) is 142 Å². The van der Waals surface area contributed by atoms with Crippen molar-refractivity contribution in [3.8, 4) is 22.6 Å². The molecule has 4 saturated carbocycles. The van der Waals surface area contributed by atoms with Crippen LogP contribution < -0.4 is 20.1 Å². The summed E-state index contributed by atoms with van der Waals surface area (Å²) in [4.78, 5) is 26.1. The van der Waals surface area contributed by atoms with Crippen molar-refractivity contribution in [1.82, 2.24) is 0 Å².